The Bertz CT molecular complexity index is 789. The Kier molecular flexibility index (Phi) is 4.80. The van der Waals surface area contributed by atoms with Crippen molar-refractivity contribution in [1.82, 2.24) is 4.90 Å². The number of aromatic carboxylic acids is 1. The van der Waals surface area contributed by atoms with E-state index in [4.69, 9.17) is 37.5 Å². The molecule has 3 rings (SSSR count). The number of morpholine rings is 1. The third kappa shape index (κ3) is 3.40. The molecule has 0 radical (unpaired) electrons. The van der Waals surface area contributed by atoms with Gasteiger partial charge >= 0.3 is 5.97 Å². The lowest BCUT2D eigenvalue weighted by Crippen LogP contribution is -2.42. The molecule has 0 bridgehead atoms. The Morgan fingerprint density at radius 1 is 1.12 bits per heavy atom. The minimum absolute atomic E-state index is 0.0119. The SMILES string of the molecule is O=C(O)c1ccc(C(=O)N2CCOC(c3ccc(Cl)c(Cl)c3)C2)o1. The summed E-state index contributed by atoms with van der Waals surface area (Å²) in [4.78, 5) is 24.9. The lowest BCUT2D eigenvalue weighted by Gasteiger charge is -2.32. The number of carboxylic acid groups (broad SMARTS) is 1. The molecule has 6 nitrogen and oxygen atoms in total. The van der Waals surface area contributed by atoms with Gasteiger partial charge in [0.2, 0.25) is 5.76 Å². The summed E-state index contributed by atoms with van der Waals surface area (Å²) in [5, 5.41) is 9.73. The molecule has 1 fully saturated rings. The van der Waals surface area contributed by atoms with Crippen molar-refractivity contribution in [2.75, 3.05) is 19.7 Å². The third-order valence-electron chi connectivity index (χ3n) is 3.70. The average molecular weight is 370 g/mol. The number of nitrogens with zero attached hydrogens (tertiary/aromatic N) is 1. The van der Waals surface area contributed by atoms with Gasteiger partial charge in [-0.3, -0.25) is 4.79 Å². The number of carbonyl (C=O) groups excluding carboxylic acids is 1. The predicted molar refractivity (Wildman–Crippen MR) is 86.7 cm³/mol. The van der Waals surface area contributed by atoms with Crippen LogP contribution in [-0.4, -0.2) is 41.6 Å². The second-order valence-electron chi connectivity index (χ2n) is 5.25. The Balaban J connectivity index is 1.75. The summed E-state index contributed by atoms with van der Waals surface area (Å²) in [6.45, 7) is 1.04. The van der Waals surface area contributed by atoms with E-state index in [1.807, 2.05) is 0 Å². The van der Waals surface area contributed by atoms with Crippen molar-refractivity contribution in [3.05, 3.63) is 57.5 Å². The van der Waals surface area contributed by atoms with Crippen molar-refractivity contribution < 1.29 is 23.8 Å². The zero-order chi connectivity index (χ0) is 17.3. The fourth-order valence-corrected chi connectivity index (χ4v) is 2.78. The molecule has 1 unspecified atom stereocenters. The molecule has 1 aliphatic rings. The maximum Gasteiger partial charge on any atom is 0.371 e. The van der Waals surface area contributed by atoms with Crippen LogP contribution >= 0.6 is 23.2 Å². The molecule has 1 amide bonds. The van der Waals surface area contributed by atoms with E-state index >= 15 is 0 Å². The van der Waals surface area contributed by atoms with Gasteiger partial charge in [0, 0.05) is 6.54 Å². The Hall–Kier alpha value is -2.02. The number of carbonyl (C=O) groups is 2. The van der Waals surface area contributed by atoms with Gasteiger partial charge in [-0.2, -0.15) is 0 Å². The van der Waals surface area contributed by atoms with E-state index in [9.17, 15) is 9.59 Å². The van der Waals surface area contributed by atoms with Crippen molar-refractivity contribution in [1.29, 1.82) is 0 Å². The van der Waals surface area contributed by atoms with Crippen LogP contribution in [0.3, 0.4) is 0 Å². The van der Waals surface area contributed by atoms with Crippen molar-refractivity contribution in [2.45, 2.75) is 6.10 Å². The zero-order valence-electron chi connectivity index (χ0n) is 12.4. The van der Waals surface area contributed by atoms with E-state index in [2.05, 4.69) is 0 Å². The van der Waals surface area contributed by atoms with Crippen LogP contribution in [0.25, 0.3) is 0 Å². The number of hydrogen-bond acceptors (Lipinski definition) is 4. The summed E-state index contributed by atoms with van der Waals surface area (Å²) in [6.07, 6.45) is -0.341. The number of furan rings is 1. The van der Waals surface area contributed by atoms with Crippen LogP contribution in [0.2, 0.25) is 10.0 Å². The number of carboxylic acids is 1. The van der Waals surface area contributed by atoms with Gasteiger partial charge in [0.15, 0.2) is 5.76 Å². The maximum atomic E-state index is 12.5. The van der Waals surface area contributed by atoms with Gasteiger partial charge in [-0.15, -0.1) is 0 Å². The molecule has 1 saturated heterocycles. The molecule has 2 heterocycles. The number of rotatable bonds is 3. The second-order valence-corrected chi connectivity index (χ2v) is 6.07. The van der Waals surface area contributed by atoms with E-state index in [0.717, 1.165) is 5.56 Å². The van der Waals surface area contributed by atoms with E-state index < -0.39 is 5.97 Å². The largest absolute Gasteiger partial charge is 0.475 e. The highest BCUT2D eigenvalue weighted by molar-refractivity contribution is 6.42. The molecule has 2 aromatic rings. The van der Waals surface area contributed by atoms with Gasteiger partial charge in [-0.1, -0.05) is 29.3 Å². The van der Waals surface area contributed by atoms with Crippen molar-refractivity contribution in [2.24, 2.45) is 0 Å². The molecular weight excluding hydrogens is 357 g/mol. The van der Waals surface area contributed by atoms with E-state index in [1.165, 1.54) is 12.1 Å². The summed E-state index contributed by atoms with van der Waals surface area (Å²) in [6, 6.07) is 7.79. The number of amides is 1. The van der Waals surface area contributed by atoms with Crippen LogP contribution in [0.5, 0.6) is 0 Å². The first kappa shape index (κ1) is 16.8. The van der Waals surface area contributed by atoms with E-state index in [1.54, 1.807) is 23.1 Å². The first-order valence-corrected chi connectivity index (χ1v) is 7.90. The first-order valence-electron chi connectivity index (χ1n) is 7.14. The zero-order valence-corrected chi connectivity index (χ0v) is 13.9. The van der Waals surface area contributed by atoms with Gasteiger partial charge in [0.1, 0.15) is 6.10 Å². The maximum absolute atomic E-state index is 12.5. The van der Waals surface area contributed by atoms with Gasteiger partial charge in [0.25, 0.3) is 5.91 Å². The first-order chi connectivity index (χ1) is 11.5. The minimum Gasteiger partial charge on any atom is -0.475 e. The van der Waals surface area contributed by atoms with Gasteiger partial charge in [0.05, 0.1) is 23.2 Å². The quantitative estimate of drug-likeness (QED) is 0.895. The Morgan fingerprint density at radius 3 is 2.54 bits per heavy atom. The average Bonchev–Trinajstić information content (AvgIpc) is 3.07. The number of ether oxygens (including phenoxy) is 1. The molecule has 0 spiro atoms. The topological polar surface area (TPSA) is 80.0 Å². The highest BCUT2D eigenvalue weighted by Gasteiger charge is 2.28. The molecule has 1 aliphatic heterocycles. The highest BCUT2D eigenvalue weighted by atomic mass is 35.5. The van der Waals surface area contributed by atoms with Crippen LogP contribution in [0, 0.1) is 0 Å². The highest BCUT2D eigenvalue weighted by Crippen LogP contribution is 2.29. The molecule has 8 heteroatoms. The number of halogens is 2. The monoisotopic (exact) mass is 369 g/mol. The van der Waals surface area contributed by atoms with Crippen LogP contribution < -0.4 is 0 Å². The Morgan fingerprint density at radius 2 is 1.88 bits per heavy atom. The fourth-order valence-electron chi connectivity index (χ4n) is 2.47. The summed E-state index contributed by atoms with van der Waals surface area (Å²) in [5.41, 5.74) is 0.813. The molecular formula is C16H13Cl2NO5. The normalized spacial score (nSPS) is 17.8. The second kappa shape index (κ2) is 6.84. The Labute approximate surface area is 147 Å². The molecule has 0 saturated carbocycles. The molecule has 1 N–H and O–H groups in total. The minimum atomic E-state index is -1.22. The van der Waals surface area contributed by atoms with Gasteiger partial charge in [-0.25, -0.2) is 4.79 Å². The van der Waals surface area contributed by atoms with Crippen molar-refractivity contribution in [3.63, 3.8) is 0 Å². The molecule has 126 valence electrons. The number of hydrogen-bond donors (Lipinski definition) is 1. The lowest BCUT2D eigenvalue weighted by atomic mass is 10.1. The van der Waals surface area contributed by atoms with Crippen LogP contribution in [-0.2, 0) is 4.74 Å². The summed E-state index contributed by atoms with van der Waals surface area (Å²) < 4.78 is 10.8. The molecule has 0 aliphatic carbocycles. The molecule has 1 atom stereocenters. The van der Waals surface area contributed by atoms with E-state index in [-0.39, 0.29) is 23.5 Å². The van der Waals surface area contributed by atoms with E-state index in [0.29, 0.717) is 29.7 Å². The smallest absolute Gasteiger partial charge is 0.371 e. The summed E-state index contributed by atoms with van der Waals surface area (Å²) >= 11 is 11.9. The molecule has 1 aromatic carbocycles. The van der Waals surface area contributed by atoms with Gasteiger partial charge < -0.3 is 19.2 Å². The van der Waals surface area contributed by atoms with Gasteiger partial charge in [-0.05, 0) is 29.8 Å². The van der Waals surface area contributed by atoms with Crippen molar-refractivity contribution >= 4 is 35.1 Å². The van der Waals surface area contributed by atoms with Crippen LogP contribution in [0.1, 0.15) is 32.8 Å². The summed E-state index contributed by atoms with van der Waals surface area (Å²) in [7, 11) is 0. The third-order valence-corrected chi connectivity index (χ3v) is 4.44. The van der Waals surface area contributed by atoms with Crippen molar-refractivity contribution in [3.8, 4) is 0 Å². The van der Waals surface area contributed by atoms with Crippen LogP contribution in [0.15, 0.2) is 34.7 Å². The lowest BCUT2D eigenvalue weighted by molar-refractivity contribution is -0.0238. The number of benzene rings is 1. The summed E-state index contributed by atoms with van der Waals surface area (Å²) in [5.74, 6) is -1.88. The fraction of sp³-hybridized carbons (Fsp3) is 0.250. The van der Waals surface area contributed by atoms with Crippen LogP contribution in [0.4, 0.5) is 0 Å². The standard InChI is InChI=1S/C16H13Cl2NO5/c17-10-2-1-9(7-11(10)18)14-8-19(5-6-23-14)15(20)12-3-4-13(24-12)16(21)22/h1-4,7,14H,5-6,8H2,(H,21,22). The molecule has 24 heavy (non-hydrogen) atoms. The molecule has 1 aromatic heterocycles. The predicted octanol–water partition coefficient (Wildman–Crippen LogP) is 3.50.